The zero-order valence-electron chi connectivity index (χ0n) is 15.9. The summed E-state index contributed by atoms with van der Waals surface area (Å²) >= 11 is 0. The van der Waals surface area contributed by atoms with Crippen LogP contribution >= 0.6 is 0 Å². The van der Waals surface area contributed by atoms with Crippen LogP contribution in [-0.2, 0) is 9.53 Å². The van der Waals surface area contributed by atoms with Gasteiger partial charge in [0.1, 0.15) is 0 Å². The highest BCUT2D eigenvalue weighted by Crippen LogP contribution is 2.20. The van der Waals surface area contributed by atoms with Gasteiger partial charge in [-0.2, -0.15) is 0 Å². The van der Waals surface area contributed by atoms with Gasteiger partial charge < -0.3 is 20.7 Å². The zero-order valence-corrected chi connectivity index (χ0v) is 15.9. The Morgan fingerprint density at radius 2 is 1.80 bits per heavy atom. The fourth-order valence-electron chi connectivity index (χ4n) is 1.95. The predicted molar refractivity (Wildman–Crippen MR) is 102 cm³/mol. The van der Waals surface area contributed by atoms with Crippen LogP contribution in [0.3, 0.4) is 0 Å². The molecule has 0 aliphatic rings. The van der Waals surface area contributed by atoms with Gasteiger partial charge >= 0.3 is 6.03 Å². The molecular weight excluding hydrogens is 318 g/mol. The molecule has 0 heterocycles. The number of urea groups is 1. The molecule has 1 rings (SSSR count). The number of aryl methyl sites for hydroxylation is 1. The molecule has 0 saturated carbocycles. The van der Waals surface area contributed by atoms with Crippen molar-refractivity contribution in [1.29, 1.82) is 0 Å². The van der Waals surface area contributed by atoms with E-state index in [0.29, 0.717) is 37.1 Å². The van der Waals surface area contributed by atoms with Gasteiger partial charge in [0.2, 0.25) is 5.91 Å². The van der Waals surface area contributed by atoms with Crippen LogP contribution in [0.25, 0.3) is 0 Å². The van der Waals surface area contributed by atoms with Crippen LogP contribution in [0.2, 0.25) is 0 Å². The largest absolute Gasteiger partial charge is 0.380 e. The second-order valence-corrected chi connectivity index (χ2v) is 6.85. The lowest BCUT2D eigenvalue weighted by atomic mass is 10.1. The monoisotopic (exact) mass is 349 g/mol. The van der Waals surface area contributed by atoms with E-state index >= 15 is 0 Å². The first-order chi connectivity index (χ1) is 11.8. The molecule has 140 valence electrons. The summed E-state index contributed by atoms with van der Waals surface area (Å²) in [6.07, 6.45) is 1.01. The molecule has 6 nitrogen and oxygen atoms in total. The maximum atomic E-state index is 12.0. The fraction of sp³-hybridized carbons (Fsp3) is 0.579. The summed E-state index contributed by atoms with van der Waals surface area (Å²) in [5, 5.41) is 8.39. The van der Waals surface area contributed by atoms with E-state index in [9.17, 15) is 9.59 Å². The van der Waals surface area contributed by atoms with Crippen molar-refractivity contribution < 1.29 is 14.3 Å². The van der Waals surface area contributed by atoms with Crippen LogP contribution in [0.5, 0.6) is 0 Å². The lowest BCUT2D eigenvalue weighted by Gasteiger charge is -2.13. The predicted octanol–water partition coefficient (Wildman–Crippen LogP) is 3.77. The first-order valence-corrected chi connectivity index (χ1v) is 8.83. The summed E-state index contributed by atoms with van der Waals surface area (Å²) in [5.74, 6) is 0.456. The van der Waals surface area contributed by atoms with E-state index in [0.717, 1.165) is 12.0 Å². The third kappa shape index (κ3) is 8.54. The van der Waals surface area contributed by atoms with Crippen LogP contribution in [0, 0.1) is 18.8 Å². The molecule has 3 N–H and O–H groups in total. The molecule has 25 heavy (non-hydrogen) atoms. The van der Waals surface area contributed by atoms with E-state index in [1.165, 1.54) is 0 Å². The number of amides is 3. The molecule has 0 spiro atoms. The second kappa shape index (κ2) is 10.7. The Morgan fingerprint density at radius 1 is 1.08 bits per heavy atom. The van der Waals surface area contributed by atoms with Gasteiger partial charge in [-0.05, 0) is 37.0 Å². The Kier molecular flexibility index (Phi) is 8.99. The highest BCUT2D eigenvalue weighted by molar-refractivity contribution is 5.94. The van der Waals surface area contributed by atoms with Crippen molar-refractivity contribution in [2.24, 2.45) is 11.8 Å². The molecule has 0 radical (unpaired) electrons. The number of benzene rings is 1. The molecule has 0 aromatic heterocycles. The maximum Gasteiger partial charge on any atom is 0.319 e. The van der Waals surface area contributed by atoms with Crippen LogP contribution in [0.1, 0.15) is 39.7 Å². The molecule has 0 unspecified atom stereocenters. The van der Waals surface area contributed by atoms with Gasteiger partial charge in [-0.15, -0.1) is 0 Å². The molecule has 6 heteroatoms. The van der Waals surface area contributed by atoms with E-state index in [1.807, 2.05) is 32.9 Å². The summed E-state index contributed by atoms with van der Waals surface area (Å²) in [7, 11) is 0. The Balaban J connectivity index is 2.44. The van der Waals surface area contributed by atoms with Gasteiger partial charge in [-0.3, -0.25) is 4.79 Å². The fourth-order valence-corrected chi connectivity index (χ4v) is 1.95. The average molecular weight is 349 g/mol. The molecule has 3 amide bonds. The van der Waals surface area contributed by atoms with Crippen molar-refractivity contribution in [1.82, 2.24) is 5.32 Å². The molecular formula is C19H31N3O3. The first kappa shape index (κ1) is 21.0. The van der Waals surface area contributed by atoms with E-state index in [1.54, 1.807) is 6.07 Å². The Bertz CT molecular complexity index is 571. The number of hydrogen-bond acceptors (Lipinski definition) is 3. The van der Waals surface area contributed by atoms with E-state index in [2.05, 4.69) is 29.8 Å². The van der Waals surface area contributed by atoms with Gasteiger partial charge in [0.05, 0.1) is 6.61 Å². The zero-order chi connectivity index (χ0) is 18.8. The van der Waals surface area contributed by atoms with Crippen LogP contribution < -0.4 is 16.0 Å². The highest BCUT2D eigenvalue weighted by atomic mass is 16.5. The molecule has 0 aliphatic heterocycles. The van der Waals surface area contributed by atoms with Crippen LogP contribution in [0.15, 0.2) is 18.2 Å². The van der Waals surface area contributed by atoms with Crippen molar-refractivity contribution in [3.8, 4) is 0 Å². The van der Waals surface area contributed by atoms with Crippen molar-refractivity contribution >= 4 is 23.3 Å². The van der Waals surface area contributed by atoms with Crippen molar-refractivity contribution in [3.05, 3.63) is 23.8 Å². The van der Waals surface area contributed by atoms with Gasteiger partial charge in [0, 0.05) is 30.4 Å². The average Bonchev–Trinajstić information content (AvgIpc) is 2.53. The van der Waals surface area contributed by atoms with Gasteiger partial charge in [0.15, 0.2) is 0 Å². The van der Waals surface area contributed by atoms with Gasteiger partial charge in [-0.25, -0.2) is 4.79 Å². The van der Waals surface area contributed by atoms with Crippen LogP contribution in [-0.4, -0.2) is 31.7 Å². The number of nitrogens with one attached hydrogen (secondary N) is 3. The second-order valence-electron chi connectivity index (χ2n) is 6.85. The smallest absolute Gasteiger partial charge is 0.319 e. The number of ether oxygens (including phenoxy) is 1. The minimum absolute atomic E-state index is 0.0576. The number of anilines is 2. The Labute approximate surface area is 150 Å². The summed E-state index contributed by atoms with van der Waals surface area (Å²) in [6.45, 7) is 11.5. The minimum atomic E-state index is -0.289. The third-order valence-electron chi connectivity index (χ3n) is 3.65. The highest BCUT2D eigenvalue weighted by Gasteiger charge is 2.09. The quantitative estimate of drug-likeness (QED) is 0.594. The van der Waals surface area contributed by atoms with E-state index in [4.69, 9.17) is 4.74 Å². The summed E-state index contributed by atoms with van der Waals surface area (Å²) < 4.78 is 5.46. The van der Waals surface area contributed by atoms with E-state index in [-0.39, 0.29) is 17.9 Å². The molecule has 0 aliphatic carbocycles. The van der Waals surface area contributed by atoms with Crippen molar-refractivity contribution in [3.63, 3.8) is 0 Å². The Morgan fingerprint density at radius 3 is 2.44 bits per heavy atom. The summed E-state index contributed by atoms with van der Waals surface area (Å²) in [6, 6.07) is 5.15. The third-order valence-corrected chi connectivity index (χ3v) is 3.65. The minimum Gasteiger partial charge on any atom is -0.380 e. The molecule has 0 saturated heterocycles. The number of hydrogen-bond donors (Lipinski definition) is 3. The molecule has 0 bridgehead atoms. The normalized spacial score (nSPS) is 10.8. The maximum absolute atomic E-state index is 12.0. The SMILES string of the molecule is Cc1ccc(NC(=O)C(C)C)cc1NC(=O)NCCOCCC(C)C. The van der Waals surface area contributed by atoms with E-state index < -0.39 is 0 Å². The number of rotatable bonds is 9. The lowest BCUT2D eigenvalue weighted by Crippen LogP contribution is -2.32. The number of carbonyl (C=O) groups excluding carboxylic acids is 2. The summed E-state index contributed by atoms with van der Waals surface area (Å²) in [4.78, 5) is 23.8. The van der Waals surface area contributed by atoms with Crippen molar-refractivity contribution in [2.45, 2.75) is 41.0 Å². The molecule has 1 aromatic carbocycles. The summed E-state index contributed by atoms with van der Waals surface area (Å²) in [5.41, 5.74) is 2.25. The Hall–Kier alpha value is -2.08. The topological polar surface area (TPSA) is 79.5 Å². The molecule has 1 aromatic rings. The molecule has 0 atom stereocenters. The van der Waals surface area contributed by atoms with Crippen LogP contribution in [0.4, 0.5) is 16.2 Å². The first-order valence-electron chi connectivity index (χ1n) is 8.83. The standard InChI is InChI=1S/C19H31N3O3/c1-13(2)8-10-25-11-9-20-19(24)22-17-12-16(7-6-15(17)5)21-18(23)14(3)4/h6-7,12-14H,8-11H2,1-5H3,(H,21,23)(H2,20,22,24). The molecule has 0 fully saturated rings. The van der Waals surface area contributed by atoms with Gasteiger partial charge in [-0.1, -0.05) is 33.8 Å². The number of carbonyl (C=O) groups is 2. The lowest BCUT2D eigenvalue weighted by molar-refractivity contribution is -0.118. The van der Waals surface area contributed by atoms with Gasteiger partial charge in [0.25, 0.3) is 0 Å². The van der Waals surface area contributed by atoms with Crippen molar-refractivity contribution in [2.75, 3.05) is 30.4 Å².